The second-order valence-electron chi connectivity index (χ2n) is 7.17. The highest BCUT2D eigenvalue weighted by Gasteiger charge is 2.40. The maximum absolute atomic E-state index is 12.8. The standard InChI is InChI=1S/C21H26N4O4/c1-3-27-18-7-5-4-6-16(18)23-19(26)17-14-15(2)22-20(24-17)25-10-8-21(9-11-25)28-12-13-29-21/h4-7,14H,3,8-13H2,1-2H3,(H,23,26). The lowest BCUT2D eigenvalue weighted by Crippen LogP contribution is -2.45. The molecule has 0 aliphatic carbocycles. The number of hydrogen-bond donors (Lipinski definition) is 1. The summed E-state index contributed by atoms with van der Waals surface area (Å²) in [5.74, 6) is 0.442. The van der Waals surface area contributed by atoms with Crippen molar-refractivity contribution in [3.8, 4) is 5.75 Å². The minimum Gasteiger partial charge on any atom is -0.492 e. The van der Waals surface area contributed by atoms with Gasteiger partial charge in [0.1, 0.15) is 11.4 Å². The number of aromatic nitrogens is 2. The van der Waals surface area contributed by atoms with Gasteiger partial charge in [0.05, 0.1) is 25.5 Å². The van der Waals surface area contributed by atoms with E-state index in [0.29, 0.717) is 42.9 Å². The Morgan fingerprint density at radius 3 is 2.66 bits per heavy atom. The van der Waals surface area contributed by atoms with Gasteiger partial charge in [0.2, 0.25) is 5.95 Å². The Kier molecular flexibility index (Phi) is 5.64. The molecule has 3 heterocycles. The first kappa shape index (κ1) is 19.6. The predicted molar refractivity (Wildman–Crippen MR) is 108 cm³/mol. The molecule has 2 aliphatic rings. The zero-order valence-corrected chi connectivity index (χ0v) is 16.8. The number of nitrogens with one attached hydrogen (secondary N) is 1. The van der Waals surface area contributed by atoms with Crippen LogP contribution in [0.3, 0.4) is 0 Å². The average Bonchev–Trinajstić information content (AvgIpc) is 3.17. The van der Waals surface area contributed by atoms with Crippen LogP contribution in [0.15, 0.2) is 30.3 Å². The maximum atomic E-state index is 12.8. The molecule has 2 aromatic rings. The molecule has 2 saturated heterocycles. The highest BCUT2D eigenvalue weighted by molar-refractivity contribution is 6.03. The van der Waals surface area contributed by atoms with Gasteiger partial charge < -0.3 is 24.4 Å². The van der Waals surface area contributed by atoms with Crippen LogP contribution >= 0.6 is 0 Å². The molecule has 1 N–H and O–H groups in total. The van der Waals surface area contributed by atoms with Crippen LogP contribution in [0.5, 0.6) is 5.75 Å². The summed E-state index contributed by atoms with van der Waals surface area (Å²) in [6, 6.07) is 9.05. The van der Waals surface area contributed by atoms with Crippen LogP contribution in [-0.2, 0) is 9.47 Å². The van der Waals surface area contributed by atoms with Crippen LogP contribution in [0.25, 0.3) is 0 Å². The van der Waals surface area contributed by atoms with Crippen molar-refractivity contribution in [2.24, 2.45) is 0 Å². The van der Waals surface area contributed by atoms with Gasteiger partial charge in [0, 0.05) is 31.6 Å². The minimum absolute atomic E-state index is 0.292. The Hall–Kier alpha value is -2.71. The molecule has 154 valence electrons. The van der Waals surface area contributed by atoms with Gasteiger partial charge in [-0.15, -0.1) is 0 Å². The molecule has 0 atom stereocenters. The van der Waals surface area contributed by atoms with Crippen LogP contribution in [0, 0.1) is 6.92 Å². The lowest BCUT2D eigenvalue weighted by Gasteiger charge is -2.37. The molecule has 1 amide bonds. The van der Waals surface area contributed by atoms with Gasteiger partial charge in [-0.2, -0.15) is 0 Å². The Balaban J connectivity index is 1.49. The molecule has 8 heteroatoms. The van der Waals surface area contributed by atoms with E-state index >= 15 is 0 Å². The lowest BCUT2D eigenvalue weighted by molar-refractivity contribution is -0.169. The molecule has 4 rings (SSSR count). The van der Waals surface area contributed by atoms with Crippen molar-refractivity contribution in [2.45, 2.75) is 32.5 Å². The summed E-state index contributed by atoms with van der Waals surface area (Å²) in [7, 11) is 0. The number of hydrogen-bond acceptors (Lipinski definition) is 7. The van der Waals surface area contributed by atoms with Gasteiger partial charge in [0.15, 0.2) is 5.79 Å². The average molecular weight is 398 g/mol. The first-order chi connectivity index (χ1) is 14.1. The van der Waals surface area contributed by atoms with Crippen molar-refractivity contribution in [1.82, 2.24) is 9.97 Å². The summed E-state index contributed by atoms with van der Waals surface area (Å²) in [5, 5.41) is 2.90. The quantitative estimate of drug-likeness (QED) is 0.829. The molecule has 0 unspecified atom stereocenters. The SMILES string of the molecule is CCOc1ccccc1NC(=O)c1cc(C)nc(N2CCC3(CC2)OCCO3)n1. The summed E-state index contributed by atoms with van der Waals surface area (Å²) in [6.07, 6.45) is 1.52. The normalized spacial score (nSPS) is 18.1. The van der Waals surface area contributed by atoms with Crippen molar-refractivity contribution < 1.29 is 19.0 Å². The molecule has 8 nitrogen and oxygen atoms in total. The number of ether oxygens (including phenoxy) is 3. The number of nitrogens with zero attached hydrogens (tertiary/aromatic N) is 3. The summed E-state index contributed by atoms with van der Waals surface area (Å²) >= 11 is 0. The Morgan fingerprint density at radius 2 is 1.93 bits per heavy atom. The van der Waals surface area contributed by atoms with E-state index in [0.717, 1.165) is 31.6 Å². The number of benzene rings is 1. The molecule has 29 heavy (non-hydrogen) atoms. The van der Waals surface area contributed by atoms with Crippen LogP contribution in [0.2, 0.25) is 0 Å². The molecule has 1 aromatic carbocycles. The monoisotopic (exact) mass is 398 g/mol. The van der Waals surface area contributed by atoms with E-state index < -0.39 is 5.79 Å². The summed E-state index contributed by atoms with van der Waals surface area (Å²) in [6.45, 7) is 7.03. The third-order valence-electron chi connectivity index (χ3n) is 5.13. The van der Waals surface area contributed by atoms with E-state index in [1.54, 1.807) is 6.07 Å². The van der Waals surface area contributed by atoms with E-state index in [1.165, 1.54) is 0 Å². The third-order valence-corrected chi connectivity index (χ3v) is 5.13. The van der Waals surface area contributed by atoms with E-state index in [-0.39, 0.29) is 5.91 Å². The summed E-state index contributed by atoms with van der Waals surface area (Å²) in [5.41, 5.74) is 1.69. The van der Waals surface area contributed by atoms with Crippen molar-refractivity contribution >= 4 is 17.5 Å². The highest BCUT2D eigenvalue weighted by Crippen LogP contribution is 2.32. The van der Waals surface area contributed by atoms with E-state index in [2.05, 4.69) is 20.2 Å². The smallest absolute Gasteiger partial charge is 0.274 e. The van der Waals surface area contributed by atoms with E-state index in [4.69, 9.17) is 14.2 Å². The number of carbonyl (C=O) groups is 1. The number of piperidine rings is 1. The first-order valence-electron chi connectivity index (χ1n) is 10.0. The number of anilines is 2. The molecular weight excluding hydrogens is 372 g/mol. The molecule has 0 bridgehead atoms. The number of rotatable bonds is 5. The van der Waals surface area contributed by atoms with Crippen LogP contribution in [0.1, 0.15) is 35.9 Å². The number of carbonyl (C=O) groups excluding carboxylic acids is 1. The van der Waals surface area contributed by atoms with E-state index in [9.17, 15) is 4.79 Å². The fraction of sp³-hybridized carbons (Fsp3) is 0.476. The fourth-order valence-corrected chi connectivity index (χ4v) is 3.68. The third kappa shape index (κ3) is 4.33. The van der Waals surface area contributed by atoms with Crippen LogP contribution in [0.4, 0.5) is 11.6 Å². The Labute approximate surface area is 170 Å². The number of amides is 1. The van der Waals surface area contributed by atoms with Crippen LogP contribution < -0.4 is 15.0 Å². The molecule has 0 radical (unpaired) electrons. The Morgan fingerprint density at radius 1 is 1.21 bits per heavy atom. The zero-order valence-electron chi connectivity index (χ0n) is 16.8. The first-order valence-corrected chi connectivity index (χ1v) is 10.0. The van der Waals surface area contributed by atoms with Gasteiger partial charge in [-0.1, -0.05) is 12.1 Å². The number of para-hydroxylation sites is 2. The largest absolute Gasteiger partial charge is 0.492 e. The van der Waals surface area contributed by atoms with Crippen molar-refractivity contribution in [3.63, 3.8) is 0 Å². The van der Waals surface area contributed by atoms with Crippen molar-refractivity contribution in [1.29, 1.82) is 0 Å². The van der Waals surface area contributed by atoms with Crippen molar-refractivity contribution in [3.05, 3.63) is 41.7 Å². The van der Waals surface area contributed by atoms with Gasteiger partial charge in [-0.05, 0) is 32.0 Å². The van der Waals surface area contributed by atoms with Gasteiger partial charge >= 0.3 is 0 Å². The molecule has 0 saturated carbocycles. The number of aryl methyl sites for hydroxylation is 1. The molecule has 1 aromatic heterocycles. The molecule has 1 spiro atoms. The molecule has 2 aliphatic heterocycles. The second-order valence-corrected chi connectivity index (χ2v) is 7.17. The molecule has 2 fully saturated rings. The fourth-order valence-electron chi connectivity index (χ4n) is 3.68. The minimum atomic E-state index is -0.455. The maximum Gasteiger partial charge on any atom is 0.274 e. The highest BCUT2D eigenvalue weighted by atomic mass is 16.7. The van der Waals surface area contributed by atoms with Gasteiger partial charge in [0.25, 0.3) is 5.91 Å². The zero-order chi connectivity index (χ0) is 20.3. The predicted octanol–water partition coefficient (Wildman–Crippen LogP) is 2.78. The topological polar surface area (TPSA) is 85.8 Å². The van der Waals surface area contributed by atoms with Gasteiger partial charge in [-0.3, -0.25) is 4.79 Å². The second kappa shape index (κ2) is 8.34. The van der Waals surface area contributed by atoms with Crippen molar-refractivity contribution in [2.75, 3.05) is 43.1 Å². The lowest BCUT2D eigenvalue weighted by atomic mass is 10.0. The summed E-state index contributed by atoms with van der Waals surface area (Å²) in [4.78, 5) is 24.0. The van der Waals surface area contributed by atoms with Gasteiger partial charge in [-0.25, -0.2) is 9.97 Å². The molecular formula is C21H26N4O4. The summed E-state index contributed by atoms with van der Waals surface area (Å²) < 4.78 is 17.1. The van der Waals surface area contributed by atoms with E-state index in [1.807, 2.05) is 38.1 Å². The Bertz CT molecular complexity index is 873. The van der Waals surface area contributed by atoms with Crippen LogP contribution in [-0.4, -0.2) is 54.6 Å².